The van der Waals surface area contributed by atoms with Crippen LogP contribution in [0.4, 0.5) is 0 Å². The predicted octanol–water partition coefficient (Wildman–Crippen LogP) is 2.71. The van der Waals surface area contributed by atoms with Gasteiger partial charge in [-0.25, -0.2) is 0 Å². The minimum absolute atomic E-state index is 0.0586. The third-order valence-electron chi connectivity index (χ3n) is 2.61. The van der Waals surface area contributed by atoms with Crippen LogP contribution in [0.25, 0.3) is 0 Å². The normalized spacial score (nSPS) is 12.1. The molecule has 1 atom stereocenters. The predicted molar refractivity (Wildman–Crippen MR) is 78.6 cm³/mol. The summed E-state index contributed by atoms with van der Waals surface area (Å²) in [6, 6.07) is 5.11. The van der Waals surface area contributed by atoms with E-state index < -0.39 is 6.10 Å². The number of hydrogen-bond acceptors (Lipinski definition) is 3. The van der Waals surface area contributed by atoms with Gasteiger partial charge in [-0.15, -0.1) is 0 Å². The summed E-state index contributed by atoms with van der Waals surface area (Å²) in [6.45, 7) is 4.33. The largest absolute Gasteiger partial charge is 0.480 e. The molecule has 0 fully saturated rings. The Morgan fingerprint density at radius 3 is 2.79 bits per heavy atom. The minimum atomic E-state index is -0.621. The van der Waals surface area contributed by atoms with Crippen molar-refractivity contribution in [3.05, 3.63) is 27.7 Å². The SMILES string of the molecule is CCN(CCO)C(=O)C(C)Oc1ccc(Cl)cc1Br. The van der Waals surface area contributed by atoms with Crippen LogP contribution in [0.1, 0.15) is 13.8 Å². The molecular weight excluding hydrogens is 334 g/mol. The van der Waals surface area contributed by atoms with E-state index in [1.54, 1.807) is 30.0 Å². The first-order valence-corrected chi connectivity index (χ1v) is 7.18. The van der Waals surface area contributed by atoms with E-state index in [0.717, 1.165) is 0 Å². The second-order valence-electron chi connectivity index (χ2n) is 3.98. The van der Waals surface area contributed by atoms with Crippen LogP contribution < -0.4 is 4.74 Å². The number of ether oxygens (including phenoxy) is 1. The number of aliphatic hydroxyl groups excluding tert-OH is 1. The number of hydrogen-bond donors (Lipinski definition) is 1. The molecule has 0 aliphatic heterocycles. The van der Waals surface area contributed by atoms with Crippen LogP contribution in [-0.4, -0.2) is 41.7 Å². The van der Waals surface area contributed by atoms with Crippen molar-refractivity contribution in [2.24, 2.45) is 0 Å². The van der Waals surface area contributed by atoms with E-state index in [1.165, 1.54) is 0 Å². The van der Waals surface area contributed by atoms with Crippen molar-refractivity contribution in [1.29, 1.82) is 0 Å². The van der Waals surface area contributed by atoms with E-state index in [9.17, 15) is 4.79 Å². The van der Waals surface area contributed by atoms with Gasteiger partial charge >= 0.3 is 0 Å². The molecule has 0 heterocycles. The molecule has 0 spiro atoms. The second kappa shape index (κ2) is 7.72. The van der Waals surface area contributed by atoms with Gasteiger partial charge in [-0.2, -0.15) is 0 Å². The zero-order chi connectivity index (χ0) is 14.4. The maximum absolute atomic E-state index is 12.1. The van der Waals surface area contributed by atoms with Gasteiger partial charge in [0.05, 0.1) is 11.1 Å². The number of halogens is 2. The number of carbonyl (C=O) groups excluding carboxylic acids is 1. The molecule has 4 nitrogen and oxygen atoms in total. The lowest BCUT2D eigenvalue weighted by Gasteiger charge is -2.24. The lowest BCUT2D eigenvalue weighted by atomic mass is 10.3. The minimum Gasteiger partial charge on any atom is -0.480 e. The van der Waals surface area contributed by atoms with Crippen LogP contribution in [0.15, 0.2) is 22.7 Å². The summed E-state index contributed by atoms with van der Waals surface area (Å²) in [4.78, 5) is 13.6. The molecule has 6 heteroatoms. The molecule has 0 bridgehead atoms. The summed E-state index contributed by atoms with van der Waals surface area (Å²) in [5, 5.41) is 9.50. The highest BCUT2D eigenvalue weighted by Gasteiger charge is 2.21. The molecule has 0 aliphatic carbocycles. The Labute approximate surface area is 126 Å². The molecule has 1 amide bonds. The molecule has 1 aromatic carbocycles. The van der Waals surface area contributed by atoms with Gasteiger partial charge in [0.25, 0.3) is 5.91 Å². The first-order valence-electron chi connectivity index (χ1n) is 6.01. The van der Waals surface area contributed by atoms with Crippen LogP contribution in [0.3, 0.4) is 0 Å². The van der Waals surface area contributed by atoms with Crippen LogP contribution in [0.5, 0.6) is 5.75 Å². The quantitative estimate of drug-likeness (QED) is 0.858. The van der Waals surface area contributed by atoms with Gasteiger partial charge in [0.1, 0.15) is 5.75 Å². The molecule has 0 saturated carbocycles. The monoisotopic (exact) mass is 349 g/mol. The smallest absolute Gasteiger partial charge is 0.263 e. The van der Waals surface area contributed by atoms with Crippen LogP contribution in [0.2, 0.25) is 5.02 Å². The Hall–Kier alpha value is -0.780. The summed E-state index contributed by atoms with van der Waals surface area (Å²) in [7, 11) is 0. The highest BCUT2D eigenvalue weighted by atomic mass is 79.9. The Balaban J connectivity index is 2.72. The average Bonchev–Trinajstić information content (AvgIpc) is 2.38. The molecule has 0 aliphatic rings. The third-order valence-corrected chi connectivity index (χ3v) is 3.46. The van der Waals surface area contributed by atoms with Gasteiger partial charge in [-0.1, -0.05) is 11.6 Å². The van der Waals surface area contributed by atoms with Crippen molar-refractivity contribution >= 4 is 33.4 Å². The molecule has 0 saturated heterocycles. The summed E-state index contributed by atoms with van der Waals surface area (Å²) in [6.07, 6.45) is -0.621. The first-order chi connectivity index (χ1) is 8.99. The van der Waals surface area contributed by atoms with Gasteiger partial charge in [0, 0.05) is 18.1 Å². The summed E-state index contributed by atoms with van der Waals surface area (Å²) < 4.78 is 6.31. The fourth-order valence-electron chi connectivity index (χ4n) is 1.61. The molecule has 1 rings (SSSR count). The number of rotatable bonds is 6. The maximum atomic E-state index is 12.1. The Bertz CT molecular complexity index is 442. The van der Waals surface area contributed by atoms with Crippen molar-refractivity contribution < 1.29 is 14.6 Å². The van der Waals surface area contributed by atoms with Gasteiger partial charge in [0.15, 0.2) is 6.10 Å². The number of carbonyl (C=O) groups is 1. The fourth-order valence-corrected chi connectivity index (χ4v) is 2.39. The Morgan fingerprint density at radius 1 is 1.58 bits per heavy atom. The van der Waals surface area contributed by atoms with E-state index in [0.29, 0.717) is 28.3 Å². The fraction of sp³-hybridized carbons (Fsp3) is 0.462. The van der Waals surface area contributed by atoms with E-state index in [2.05, 4.69) is 15.9 Å². The average molecular weight is 351 g/mol. The number of amides is 1. The van der Waals surface area contributed by atoms with E-state index in [4.69, 9.17) is 21.4 Å². The van der Waals surface area contributed by atoms with Crippen LogP contribution in [0, 0.1) is 0 Å². The molecule has 106 valence electrons. The summed E-state index contributed by atoms with van der Waals surface area (Å²) in [5.74, 6) is 0.406. The van der Waals surface area contributed by atoms with Gasteiger partial charge < -0.3 is 14.7 Å². The van der Waals surface area contributed by atoms with E-state index in [-0.39, 0.29) is 12.5 Å². The molecule has 1 aromatic rings. The van der Waals surface area contributed by atoms with Gasteiger partial charge in [0.2, 0.25) is 0 Å². The zero-order valence-electron chi connectivity index (χ0n) is 10.9. The molecule has 0 aromatic heterocycles. The van der Waals surface area contributed by atoms with Crippen molar-refractivity contribution in [3.63, 3.8) is 0 Å². The van der Waals surface area contributed by atoms with Crippen molar-refractivity contribution in [2.45, 2.75) is 20.0 Å². The highest BCUT2D eigenvalue weighted by Crippen LogP contribution is 2.28. The number of aliphatic hydroxyl groups is 1. The number of benzene rings is 1. The van der Waals surface area contributed by atoms with Crippen LogP contribution in [-0.2, 0) is 4.79 Å². The van der Waals surface area contributed by atoms with Gasteiger partial charge in [-0.05, 0) is 48.0 Å². The molecule has 0 radical (unpaired) electrons. The second-order valence-corrected chi connectivity index (χ2v) is 5.27. The lowest BCUT2D eigenvalue weighted by Crippen LogP contribution is -2.41. The number of likely N-dealkylation sites (N-methyl/N-ethyl adjacent to an activating group) is 1. The van der Waals surface area contributed by atoms with Crippen molar-refractivity contribution in [3.8, 4) is 5.75 Å². The summed E-state index contributed by atoms with van der Waals surface area (Å²) in [5.41, 5.74) is 0. The van der Waals surface area contributed by atoms with E-state index in [1.807, 2.05) is 6.92 Å². The highest BCUT2D eigenvalue weighted by molar-refractivity contribution is 9.10. The molecular formula is C13H17BrClNO3. The maximum Gasteiger partial charge on any atom is 0.263 e. The standard InChI is InChI=1S/C13H17BrClNO3/c1-3-16(6-7-17)13(18)9(2)19-12-5-4-10(15)8-11(12)14/h4-5,8-9,17H,3,6-7H2,1-2H3. The molecule has 19 heavy (non-hydrogen) atoms. The third kappa shape index (κ3) is 4.67. The zero-order valence-corrected chi connectivity index (χ0v) is 13.2. The van der Waals surface area contributed by atoms with Crippen molar-refractivity contribution in [2.75, 3.05) is 19.7 Å². The first kappa shape index (κ1) is 16.3. The lowest BCUT2D eigenvalue weighted by molar-refractivity contribution is -0.138. The Morgan fingerprint density at radius 2 is 2.26 bits per heavy atom. The number of nitrogens with zero attached hydrogens (tertiary/aromatic N) is 1. The summed E-state index contributed by atoms with van der Waals surface area (Å²) >= 11 is 9.18. The van der Waals surface area contributed by atoms with Gasteiger partial charge in [-0.3, -0.25) is 4.79 Å². The Kier molecular flexibility index (Phi) is 6.62. The van der Waals surface area contributed by atoms with E-state index >= 15 is 0 Å². The molecule has 1 unspecified atom stereocenters. The van der Waals surface area contributed by atoms with Crippen molar-refractivity contribution in [1.82, 2.24) is 4.90 Å². The topological polar surface area (TPSA) is 49.8 Å². The van der Waals surface area contributed by atoms with Crippen LogP contribution >= 0.6 is 27.5 Å². The molecule has 1 N–H and O–H groups in total.